The lowest BCUT2D eigenvalue weighted by molar-refractivity contribution is -0.136. The van der Waals surface area contributed by atoms with Gasteiger partial charge in [0.15, 0.2) is 11.6 Å². The first-order valence-electron chi connectivity index (χ1n) is 15.4. The zero-order valence-corrected chi connectivity index (χ0v) is 28.7. The minimum atomic E-state index is -4.29. The van der Waals surface area contributed by atoms with Crippen molar-refractivity contribution in [2.24, 2.45) is 0 Å². The van der Waals surface area contributed by atoms with E-state index in [0.717, 1.165) is 27.2 Å². The summed E-state index contributed by atoms with van der Waals surface area (Å²) in [6, 6.07) is 23.6. The zero-order chi connectivity index (χ0) is 36.3. The maximum Gasteiger partial charge on any atom is 0.389 e. The van der Waals surface area contributed by atoms with Gasteiger partial charge in [0.2, 0.25) is 5.88 Å². The molecule has 0 saturated heterocycles. The fourth-order valence-corrected chi connectivity index (χ4v) is 6.83. The van der Waals surface area contributed by atoms with Crippen molar-refractivity contribution in [3.8, 4) is 28.1 Å². The molecule has 0 amide bonds. The summed E-state index contributed by atoms with van der Waals surface area (Å²) in [5, 5.41) is 10.5. The van der Waals surface area contributed by atoms with Crippen LogP contribution < -0.4 is 13.8 Å². The number of aliphatic hydroxyl groups excluding tert-OH is 1. The van der Waals surface area contributed by atoms with Gasteiger partial charge >= 0.3 is 16.4 Å². The van der Waals surface area contributed by atoms with Gasteiger partial charge in [0.25, 0.3) is 0 Å². The van der Waals surface area contributed by atoms with Crippen LogP contribution in [0.4, 0.5) is 23.2 Å². The number of anilines is 1. The number of rotatable bonds is 11. The summed E-state index contributed by atoms with van der Waals surface area (Å²) in [6.45, 7) is 0.124. The van der Waals surface area contributed by atoms with Crippen LogP contribution in [0.15, 0.2) is 103 Å². The van der Waals surface area contributed by atoms with E-state index in [2.05, 4.69) is 0 Å². The van der Waals surface area contributed by atoms with Crippen molar-refractivity contribution >= 4 is 51.3 Å². The van der Waals surface area contributed by atoms with Gasteiger partial charge in [0.1, 0.15) is 5.82 Å². The van der Waals surface area contributed by atoms with Crippen LogP contribution in [0.3, 0.4) is 0 Å². The second-order valence-corrected chi connectivity index (χ2v) is 13.9. The SMILES string of the molecule is O=S1(=O)NC(O)=CN1c1ccc(Cn2cc(-c3ccc(Cl)cc3Cl)nc2C=Cc2ccc(-c3ccc(OCCCC(F)(F)F)c(F)c3)cc2)cc1. The summed E-state index contributed by atoms with van der Waals surface area (Å²) in [6.07, 6.45) is 1.07. The largest absolute Gasteiger partial charge is 0.493 e. The molecule has 0 bridgehead atoms. The number of hydrogen-bond acceptors (Lipinski definition) is 5. The smallest absolute Gasteiger partial charge is 0.389 e. The van der Waals surface area contributed by atoms with Crippen LogP contribution in [0, 0.1) is 5.82 Å². The van der Waals surface area contributed by atoms with Crippen LogP contribution in [0.1, 0.15) is 29.8 Å². The molecule has 0 atom stereocenters. The quantitative estimate of drug-likeness (QED) is 0.103. The molecular formula is C36H28Cl2F4N4O4S. The van der Waals surface area contributed by atoms with Crippen LogP contribution in [0.2, 0.25) is 10.0 Å². The van der Waals surface area contributed by atoms with Crippen molar-refractivity contribution in [2.75, 3.05) is 10.9 Å². The molecule has 264 valence electrons. The Balaban J connectivity index is 1.20. The topological polar surface area (TPSA) is 96.7 Å². The first-order chi connectivity index (χ1) is 24.2. The molecule has 6 rings (SSSR count). The van der Waals surface area contributed by atoms with E-state index in [9.17, 15) is 31.1 Å². The summed E-state index contributed by atoms with van der Waals surface area (Å²) in [5.74, 6) is -0.666. The van der Waals surface area contributed by atoms with Crippen molar-refractivity contribution in [3.63, 3.8) is 0 Å². The van der Waals surface area contributed by atoms with Crippen LogP contribution >= 0.6 is 23.2 Å². The van der Waals surface area contributed by atoms with Crippen LogP contribution in [-0.4, -0.2) is 35.9 Å². The van der Waals surface area contributed by atoms with Gasteiger partial charge in [0, 0.05) is 29.7 Å². The highest BCUT2D eigenvalue weighted by atomic mass is 35.5. The van der Waals surface area contributed by atoms with E-state index in [1.165, 1.54) is 12.1 Å². The number of aromatic nitrogens is 2. The number of imidazole rings is 1. The third kappa shape index (κ3) is 8.85. The first-order valence-corrected chi connectivity index (χ1v) is 17.6. The second kappa shape index (κ2) is 14.7. The molecule has 2 heterocycles. The second-order valence-electron chi connectivity index (χ2n) is 11.5. The molecule has 5 aromatic rings. The number of benzene rings is 4. The lowest BCUT2D eigenvalue weighted by Crippen LogP contribution is -2.29. The maximum absolute atomic E-state index is 14.7. The molecule has 1 aliphatic rings. The Morgan fingerprint density at radius 3 is 2.29 bits per heavy atom. The van der Waals surface area contributed by atoms with E-state index in [1.54, 1.807) is 48.5 Å². The number of alkyl halides is 3. The molecule has 51 heavy (non-hydrogen) atoms. The molecule has 15 heteroatoms. The van der Waals surface area contributed by atoms with Crippen molar-refractivity contribution in [1.82, 2.24) is 14.3 Å². The molecule has 0 radical (unpaired) electrons. The Labute approximate surface area is 301 Å². The lowest BCUT2D eigenvalue weighted by atomic mass is 10.0. The fraction of sp³-hybridized carbons (Fsp3) is 0.139. The van der Waals surface area contributed by atoms with Crippen molar-refractivity contribution in [1.29, 1.82) is 0 Å². The standard InChI is InChI=1S/C36H28Cl2F4N4O4S/c37-27-10-13-29(30(38)19-27)32-21-45(20-24-4-11-28(12-5-24)46-22-35(47)44-51(46,48)49)34(43-32)15-6-23-2-7-25(8-3-23)26-9-14-33(31(39)18-26)50-17-1-16-36(40,41)42/h2-15,18-19,21-22,44,47H,1,16-17,20H2. The third-order valence-electron chi connectivity index (χ3n) is 7.75. The average molecular weight is 760 g/mol. The summed E-state index contributed by atoms with van der Waals surface area (Å²) < 4.78 is 86.3. The van der Waals surface area contributed by atoms with E-state index in [1.807, 2.05) is 51.9 Å². The number of halogens is 6. The van der Waals surface area contributed by atoms with Gasteiger partial charge in [-0.05, 0) is 77.2 Å². The maximum atomic E-state index is 14.7. The number of nitrogens with one attached hydrogen (secondary N) is 1. The molecule has 0 unspecified atom stereocenters. The summed E-state index contributed by atoms with van der Waals surface area (Å²) >= 11 is 12.6. The first kappa shape index (κ1) is 35.8. The van der Waals surface area contributed by atoms with Gasteiger partial charge in [0.05, 0.1) is 29.2 Å². The molecule has 1 aliphatic heterocycles. The third-order valence-corrected chi connectivity index (χ3v) is 9.60. The van der Waals surface area contributed by atoms with Gasteiger partial charge in [-0.2, -0.15) is 21.6 Å². The van der Waals surface area contributed by atoms with Crippen LogP contribution in [0.25, 0.3) is 34.5 Å². The molecule has 0 saturated carbocycles. The summed E-state index contributed by atoms with van der Waals surface area (Å²) in [4.78, 5) is 4.82. The highest BCUT2D eigenvalue weighted by molar-refractivity contribution is 7.91. The van der Waals surface area contributed by atoms with Crippen LogP contribution in [0.5, 0.6) is 5.75 Å². The predicted octanol–water partition coefficient (Wildman–Crippen LogP) is 9.61. The van der Waals surface area contributed by atoms with Crippen molar-refractivity contribution in [3.05, 3.63) is 136 Å². The highest BCUT2D eigenvalue weighted by Gasteiger charge is 2.29. The summed E-state index contributed by atoms with van der Waals surface area (Å²) in [5.41, 5.74) is 4.58. The van der Waals surface area contributed by atoms with Gasteiger partial charge < -0.3 is 14.4 Å². The number of hydrogen-bond donors (Lipinski definition) is 2. The van der Waals surface area contributed by atoms with Gasteiger partial charge in [-0.3, -0.25) is 0 Å². The lowest BCUT2D eigenvalue weighted by Gasteiger charge is -2.14. The Kier molecular flexibility index (Phi) is 10.3. The van der Waals surface area contributed by atoms with E-state index in [0.29, 0.717) is 44.9 Å². The molecule has 0 aliphatic carbocycles. The Hall–Kier alpha value is -4.98. The molecule has 4 aromatic carbocycles. The molecule has 0 fully saturated rings. The molecular weight excluding hydrogens is 731 g/mol. The Morgan fingerprint density at radius 2 is 1.65 bits per heavy atom. The van der Waals surface area contributed by atoms with Crippen molar-refractivity contribution in [2.45, 2.75) is 25.6 Å². The normalized spacial score (nSPS) is 14.2. The Bertz CT molecular complexity index is 2220. The minimum absolute atomic E-state index is 0.111. The minimum Gasteiger partial charge on any atom is -0.493 e. The molecule has 8 nitrogen and oxygen atoms in total. The average Bonchev–Trinajstić information content (AvgIpc) is 3.60. The zero-order valence-electron chi connectivity index (χ0n) is 26.4. The molecule has 1 aromatic heterocycles. The van der Waals surface area contributed by atoms with E-state index < -0.39 is 34.5 Å². The summed E-state index contributed by atoms with van der Waals surface area (Å²) in [7, 11) is -3.92. The van der Waals surface area contributed by atoms with Crippen molar-refractivity contribution < 1.29 is 35.8 Å². The van der Waals surface area contributed by atoms with E-state index in [4.69, 9.17) is 32.9 Å². The van der Waals surface area contributed by atoms with E-state index in [-0.39, 0.29) is 18.8 Å². The Morgan fingerprint density at radius 1 is 0.922 bits per heavy atom. The number of aliphatic hydroxyl groups is 1. The number of nitrogens with zero attached hydrogens (tertiary/aromatic N) is 3. The van der Waals surface area contributed by atoms with Gasteiger partial charge in [-0.25, -0.2) is 18.4 Å². The molecule has 2 N–H and O–H groups in total. The molecule has 0 spiro atoms. The van der Waals surface area contributed by atoms with Gasteiger partial charge in [-0.1, -0.05) is 71.7 Å². The van der Waals surface area contributed by atoms with E-state index >= 15 is 0 Å². The highest BCUT2D eigenvalue weighted by Crippen LogP contribution is 2.32. The number of ether oxygens (including phenoxy) is 1. The monoisotopic (exact) mass is 758 g/mol. The predicted molar refractivity (Wildman–Crippen MR) is 190 cm³/mol. The van der Waals surface area contributed by atoms with Gasteiger partial charge in [-0.15, -0.1) is 0 Å². The fourth-order valence-electron chi connectivity index (χ4n) is 5.27. The van der Waals surface area contributed by atoms with Crippen LogP contribution in [-0.2, 0) is 16.8 Å².